The number of aliphatic hydroxyl groups is 2. The summed E-state index contributed by atoms with van der Waals surface area (Å²) in [5, 5.41) is 19.3. The van der Waals surface area contributed by atoms with Gasteiger partial charge in [0.15, 0.2) is 0 Å². The predicted molar refractivity (Wildman–Crippen MR) is 279 cm³/mol. The summed E-state index contributed by atoms with van der Waals surface area (Å²) in [6, 6.07) is 0. The lowest BCUT2D eigenvalue weighted by Gasteiger charge is -2.20. The van der Waals surface area contributed by atoms with Crippen LogP contribution in [0.4, 0.5) is 0 Å². The molecule has 0 saturated heterocycles. The molecular weight excluding hydrogens is 864 g/mol. The molecule has 0 rings (SSSR count). The van der Waals surface area contributed by atoms with Crippen LogP contribution in [0.25, 0.3) is 0 Å². The van der Waals surface area contributed by atoms with E-state index in [2.05, 4.69) is 50.3 Å². The molecule has 0 spiro atoms. The number of esters is 2. The first-order valence-electron chi connectivity index (χ1n) is 27.9. The topological polar surface area (TPSA) is 149 Å². The number of phosphoric ester groups is 1. The molecule has 3 unspecified atom stereocenters. The third kappa shape index (κ3) is 50.4. The molecule has 0 bridgehead atoms. The van der Waals surface area contributed by atoms with Gasteiger partial charge >= 0.3 is 19.8 Å². The number of unbranched alkanes of at least 4 members (excludes halogenated alkanes) is 33. The van der Waals surface area contributed by atoms with Crippen LogP contribution in [-0.2, 0) is 32.7 Å². The highest BCUT2D eigenvalue weighted by Gasteiger charge is 2.27. The molecule has 11 heteroatoms. The average Bonchev–Trinajstić information content (AvgIpc) is 3.32. The summed E-state index contributed by atoms with van der Waals surface area (Å²) < 4.78 is 32.8. The van der Waals surface area contributed by atoms with Crippen LogP contribution in [0.1, 0.15) is 271 Å². The lowest BCUT2D eigenvalue weighted by atomic mass is 10.0. The van der Waals surface area contributed by atoms with E-state index >= 15 is 0 Å². The normalized spacial score (nSPS) is 13.8. The molecule has 0 saturated carbocycles. The van der Waals surface area contributed by atoms with Gasteiger partial charge in [-0.15, -0.1) is 0 Å². The molecule has 0 heterocycles. The van der Waals surface area contributed by atoms with E-state index in [1.165, 1.54) is 186 Å². The maximum absolute atomic E-state index is 12.4. The minimum Gasteiger partial charge on any atom is -0.457 e. The molecule has 0 aromatic rings. The summed E-state index contributed by atoms with van der Waals surface area (Å²) in [5.74, 6) is -1.01. The Hall–Kier alpha value is -1.81. The predicted octanol–water partition coefficient (Wildman–Crippen LogP) is 16.2. The van der Waals surface area contributed by atoms with Crippen LogP contribution >= 0.6 is 7.82 Å². The number of hydrogen-bond donors (Lipinski definition) is 3. The fourth-order valence-electron chi connectivity index (χ4n) is 8.03. The summed E-state index contributed by atoms with van der Waals surface area (Å²) in [6.07, 6.45) is 58.3. The van der Waals surface area contributed by atoms with Crippen molar-refractivity contribution in [2.75, 3.05) is 26.4 Å². The quantitative estimate of drug-likeness (QED) is 0.0233. The van der Waals surface area contributed by atoms with Crippen molar-refractivity contribution in [2.45, 2.75) is 283 Å². The minimum atomic E-state index is -4.65. The first kappa shape index (κ1) is 65.2. The van der Waals surface area contributed by atoms with Gasteiger partial charge in [-0.25, -0.2) is 4.57 Å². The Morgan fingerprint density at radius 2 is 0.657 bits per heavy atom. The van der Waals surface area contributed by atoms with E-state index in [0.29, 0.717) is 12.8 Å². The van der Waals surface area contributed by atoms with E-state index in [-0.39, 0.29) is 12.8 Å². The van der Waals surface area contributed by atoms with E-state index in [1.807, 2.05) is 0 Å². The number of hydrogen-bond acceptors (Lipinski definition) is 9. The maximum atomic E-state index is 12.4. The van der Waals surface area contributed by atoms with Gasteiger partial charge in [-0.3, -0.25) is 18.6 Å². The smallest absolute Gasteiger partial charge is 0.457 e. The van der Waals surface area contributed by atoms with Crippen molar-refractivity contribution in [1.82, 2.24) is 0 Å². The highest BCUT2D eigenvalue weighted by molar-refractivity contribution is 7.47. The van der Waals surface area contributed by atoms with Crippen molar-refractivity contribution in [1.29, 1.82) is 0 Å². The molecule has 67 heavy (non-hydrogen) atoms. The van der Waals surface area contributed by atoms with Gasteiger partial charge in [0.05, 0.1) is 26.4 Å². The second kappa shape index (κ2) is 52.0. The molecule has 0 aliphatic heterocycles. The van der Waals surface area contributed by atoms with E-state index in [0.717, 1.165) is 44.9 Å². The zero-order valence-electron chi connectivity index (χ0n) is 43.4. The lowest BCUT2D eigenvalue weighted by molar-refractivity contribution is -0.153. The van der Waals surface area contributed by atoms with Crippen LogP contribution in [0, 0.1) is 0 Å². The highest BCUT2D eigenvalue weighted by Crippen LogP contribution is 2.43. The number of ether oxygens (including phenoxy) is 2. The van der Waals surface area contributed by atoms with Gasteiger partial charge < -0.3 is 24.6 Å². The standard InChI is InChI=1S/C56H105O10P/c1-3-5-7-9-11-13-15-17-19-21-23-25-26-28-30-32-34-36-38-40-42-44-46-48-56(60)66-54(50-58)52-64-67(61,62)63-51-53(49-57)65-55(59)47-45-43-41-39-37-35-33-31-29-27-24-22-20-18-16-14-12-10-8-6-4-2/h15,17,21-24,53-54,57-58H,3-14,16,18-20,25-52H2,1-2H3,(H,61,62)/b17-15-,23-21-,24-22-. The zero-order chi connectivity index (χ0) is 49.0. The number of carbonyl (C=O) groups excluding carboxylic acids is 2. The number of phosphoric acid groups is 1. The largest absolute Gasteiger partial charge is 0.472 e. The summed E-state index contributed by atoms with van der Waals surface area (Å²) in [5.41, 5.74) is 0. The zero-order valence-corrected chi connectivity index (χ0v) is 44.3. The monoisotopic (exact) mass is 969 g/mol. The number of rotatable bonds is 53. The van der Waals surface area contributed by atoms with Crippen molar-refractivity contribution in [3.05, 3.63) is 36.5 Å². The summed E-state index contributed by atoms with van der Waals surface area (Å²) in [7, 11) is -4.65. The molecule has 0 aliphatic rings. The van der Waals surface area contributed by atoms with Crippen LogP contribution in [0.15, 0.2) is 36.5 Å². The second-order valence-electron chi connectivity index (χ2n) is 18.9. The third-order valence-electron chi connectivity index (χ3n) is 12.3. The minimum absolute atomic E-state index is 0.191. The van der Waals surface area contributed by atoms with Crippen molar-refractivity contribution >= 4 is 19.8 Å². The van der Waals surface area contributed by atoms with Gasteiger partial charge in [0, 0.05) is 12.8 Å². The van der Waals surface area contributed by atoms with Gasteiger partial charge in [-0.1, -0.05) is 224 Å². The Kier molecular flexibility index (Phi) is 50.6. The van der Waals surface area contributed by atoms with Crippen LogP contribution in [0.2, 0.25) is 0 Å². The summed E-state index contributed by atoms with van der Waals surface area (Å²) in [4.78, 5) is 34.8. The SMILES string of the molecule is CCCCCCC/C=C\C/C=C\CCCCCCCCCCCCCC(=O)OC(CO)COP(=O)(O)OCC(CO)OC(=O)CCCCCCCCCCC/C=C\CCCCCCCCCC. The van der Waals surface area contributed by atoms with Crippen LogP contribution in [0.5, 0.6) is 0 Å². The maximum Gasteiger partial charge on any atom is 0.472 e. The molecule has 0 aliphatic carbocycles. The second-order valence-corrected chi connectivity index (χ2v) is 20.4. The molecule has 394 valence electrons. The van der Waals surface area contributed by atoms with Crippen LogP contribution in [-0.4, -0.2) is 65.7 Å². The van der Waals surface area contributed by atoms with Gasteiger partial charge in [-0.05, 0) is 70.6 Å². The number of aliphatic hydroxyl groups excluding tert-OH is 2. The van der Waals surface area contributed by atoms with Crippen molar-refractivity contribution in [3.63, 3.8) is 0 Å². The summed E-state index contributed by atoms with van der Waals surface area (Å²) >= 11 is 0. The van der Waals surface area contributed by atoms with E-state index in [9.17, 15) is 29.3 Å². The molecule has 0 aromatic carbocycles. The first-order chi connectivity index (χ1) is 32.8. The Balaban J connectivity index is 3.79. The Labute approximate surface area is 411 Å². The number of allylic oxidation sites excluding steroid dienone is 6. The summed E-state index contributed by atoms with van der Waals surface area (Å²) in [6.45, 7) is 2.25. The first-order valence-corrected chi connectivity index (χ1v) is 29.4. The highest BCUT2D eigenvalue weighted by atomic mass is 31.2. The Morgan fingerprint density at radius 1 is 0.403 bits per heavy atom. The molecular formula is C56H105O10P. The molecule has 0 aromatic heterocycles. The molecule has 3 atom stereocenters. The molecule has 0 radical (unpaired) electrons. The number of carbonyl (C=O) groups is 2. The molecule has 0 amide bonds. The van der Waals surface area contributed by atoms with Gasteiger partial charge in [-0.2, -0.15) is 0 Å². The van der Waals surface area contributed by atoms with Gasteiger partial charge in [0.25, 0.3) is 0 Å². The van der Waals surface area contributed by atoms with Crippen LogP contribution in [0.3, 0.4) is 0 Å². The van der Waals surface area contributed by atoms with E-state index in [4.69, 9.17) is 18.5 Å². The van der Waals surface area contributed by atoms with Crippen molar-refractivity contribution < 1.29 is 47.8 Å². The lowest BCUT2D eigenvalue weighted by Crippen LogP contribution is -2.28. The fraction of sp³-hybridized carbons (Fsp3) is 0.857. The van der Waals surface area contributed by atoms with Crippen molar-refractivity contribution in [3.8, 4) is 0 Å². The molecule has 0 fully saturated rings. The van der Waals surface area contributed by atoms with Gasteiger partial charge in [0.1, 0.15) is 12.2 Å². The van der Waals surface area contributed by atoms with E-state index < -0.39 is 58.4 Å². The van der Waals surface area contributed by atoms with Gasteiger partial charge in [0.2, 0.25) is 0 Å². The Morgan fingerprint density at radius 3 is 0.940 bits per heavy atom. The third-order valence-corrected chi connectivity index (χ3v) is 13.3. The molecule has 10 nitrogen and oxygen atoms in total. The molecule has 3 N–H and O–H groups in total. The van der Waals surface area contributed by atoms with E-state index in [1.54, 1.807) is 0 Å². The fourth-order valence-corrected chi connectivity index (χ4v) is 8.81. The average molecular weight is 969 g/mol. The van der Waals surface area contributed by atoms with Crippen LogP contribution < -0.4 is 0 Å². The Bertz CT molecular complexity index is 1210. The van der Waals surface area contributed by atoms with Crippen molar-refractivity contribution in [2.24, 2.45) is 0 Å².